The number of non-ortho nitro benzene ring substituents is 1. The first kappa shape index (κ1) is 17.2. The number of aromatic nitrogens is 3. The number of benzene rings is 2. The third-order valence-electron chi connectivity index (χ3n) is 4.22. The van der Waals surface area contributed by atoms with Crippen molar-refractivity contribution in [3.05, 3.63) is 64.2 Å². The number of methoxy groups -OCH3 is 1. The van der Waals surface area contributed by atoms with Crippen LogP contribution in [-0.2, 0) is 0 Å². The van der Waals surface area contributed by atoms with Gasteiger partial charge in [-0.25, -0.2) is 4.98 Å². The summed E-state index contributed by atoms with van der Waals surface area (Å²) in [5.41, 5.74) is 1.51. The number of nitro benzene ring substituents is 1. The molecule has 0 N–H and O–H groups in total. The van der Waals surface area contributed by atoms with Crippen molar-refractivity contribution < 1.29 is 14.5 Å². The van der Waals surface area contributed by atoms with Crippen molar-refractivity contribution in [3.63, 3.8) is 0 Å². The summed E-state index contributed by atoms with van der Waals surface area (Å²) in [4.78, 5) is 27.6. The van der Waals surface area contributed by atoms with E-state index in [2.05, 4.69) is 10.1 Å². The number of fused-ring (bicyclic) bond motifs is 1. The SMILES string of the molecule is COc1ccc(-c2nc3n(n2)C(=O)C[C@H](c2cccc([N+](=O)[O-])c2)S3)cc1. The molecule has 136 valence electrons. The van der Waals surface area contributed by atoms with Crippen LogP contribution in [0.25, 0.3) is 11.4 Å². The lowest BCUT2D eigenvalue weighted by atomic mass is 10.1. The number of nitrogens with zero attached hydrogens (tertiary/aromatic N) is 4. The summed E-state index contributed by atoms with van der Waals surface area (Å²) < 4.78 is 6.44. The molecule has 3 aromatic rings. The van der Waals surface area contributed by atoms with Crippen LogP contribution in [0, 0.1) is 10.1 Å². The Kier molecular flexibility index (Phi) is 4.36. The van der Waals surface area contributed by atoms with E-state index in [0.29, 0.717) is 11.0 Å². The normalized spacial score (nSPS) is 16.0. The fourth-order valence-electron chi connectivity index (χ4n) is 2.84. The summed E-state index contributed by atoms with van der Waals surface area (Å²) in [6.07, 6.45) is 0.199. The van der Waals surface area contributed by atoms with Gasteiger partial charge in [-0.1, -0.05) is 23.9 Å². The van der Waals surface area contributed by atoms with Gasteiger partial charge in [0.25, 0.3) is 11.6 Å². The van der Waals surface area contributed by atoms with Gasteiger partial charge in [0, 0.05) is 29.4 Å². The standard InChI is InChI=1S/C18H14N4O4S/c1-26-14-7-5-11(6-8-14)17-19-18-21(20-17)16(23)10-15(27-18)12-3-2-4-13(9-12)22(24)25/h2-9,15H,10H2,1H3/t15-/m1/s1. The molecule has 1 aliphatic rings. The molecule has 4 rings (SSSR count). The second-order valence-electron chi connectivity index (χ2n) is 5.91. The number of rotatable bonds is 4. The topological polar surface area (TPSA) is 100 Å². The molecule has 0 spiro atoms. The average Bonchev–Trinajstić information content (AvgIpc) is 3.13. The lowest BCUT2D eigenvalue weighted by Crippen LogP contribution is -2.21. The summed E-state index contributed by atoms with van der Waals surface area (Å²) in [6.45, 7) is 0. The molecule has 0 aliphatic carbocycles. The lowest BCUT2D eigenvalue weighted by molar-refractivity contribution is -0.384. The van der Waals surface area contributed by atoms with Crippen LogP contribution in [0.2, 0.25) is 0 Å². The maximum absolute atomic E-state index is 12.5. The smallest absolute Gasteiger partial charge is 0.269 e. The molecule has 0 amide bonds. The predicted octanol–water partition coefficient (Wildman–Crippen LogP) is 3.74. The van der Waals surface area contributed by atoms with Crippen molar-refractivity contribution in [1.29, 1.82) is 0 Å². The molecule has 9 heteroatoms. The zero-order valence-electron chi connectivity index (χ0n) is 14.2. The first-order valence-electron chi connectivity index (χ1n) is 8.11. The Morgan fingerprint density at radius 1 is 1.26 bits per heavy atom. The van der Waals surface area contributed by atoms with Crippen molar-refractivity contribution in [2.45, 2.75) is 16.8 Å². The predicted molar refractivity (Wildman–Crippen MR) is 98.9 cm³/mol. The highest BCUT2D eigenvalue weighted by molar-refractivity contribution is 7.99. The van der Waals surface area contributed by atoms with E-state index >= 15 is 0 Å². The van der Waals surface area contributed by atoms with Gasteiger partial charge in [0.1, 0.15) is 5.75 Å². The van der Waals surface area contributed by atoms with Crippen molar-refractivity contribution in [2.24, 2.45) is 0 Å². The number of ether oxygens (including phenoxy) is 1. The van der Waals surface area contributed by atoms with Crippen LogP contribution in [-0.4, -0.2) is 32.7 Å². The molecule has 27 heavy (non-hydrogen) atoms. The van der Waals surface area contributed by atoms with Crippen LogP contribution in [0.3, 0.4) is 0 Å². The fourth-order valence-corrected chi connectivity index (χ4v) is 3.98. The minimum atomic E-state index is -0.441. The molecule has 1 aromatic heterocycles. The zero-order valence-corrected chi connectivity index (χ0v) is 15.0. The molecule has 0 unspecified atom stereocenters. The lowest BCUT2D eigenvalue weighted by Gasteiger charge is -2.20. The minimum absolute atomic E-state index is 0.00603. The van der Waals surface area contributed by atoms with Gasteiger partial charge >= 0.3 is 0 Å². The second-order valence-corrected chi connectivity index (χ2v) is 7.08. The molecule has 8 nitrogen and oxygen atoms in total. The van der Waals surface area contributed by atoms with Gasteiger partial charge in [0.05, 0.1) is 12.0 Å². The van der Waals surface area contributed by atoms with Gasteiger partial charge in [-0.15, -0.1) is 5.10 Å². The second kappa shape index (κ2) is 6.84. The van der Waals surface area contributed by atoms with Crippen LogP contribution in [0.5, 0.6) is 5.75 Å². The van der Waals surface area contributed by atoms with Gasteiger partial charge in [0.2, 0.25) is 0 Å². The molecule has 0 fully saturated rings. The molecular weight excluding hydrogens is 368 g/mol. The summed E-state index contributed by atoms with van der Waals surface area (Å²) in [5.74, 6) is 0.986. The van der Waals surface area contributed by atoms with Gasteiger partial charge in [0.15, 0.2) is 11.0 Å². The quantitative estimate of drug-likeness (QED) is 0.500. The highest BCUT2D eigenvalue weighted by Crippen LogP contribution is 2.42. The number of thioether (sulfide) groups is 1. The van der Waals surface area contributed by atoms with Gasteiger partial charge in [-0.05, 0) is 29.8 Å². The number of carbonyl (C=O) groups is 1. The fraction of sp³-hybridized carbons (Fsp3) is 0.167. The highest BCUT2D eigenvalue weighted by Gasteiger charge is 2.30. The van der Waals surface area contributed by atoms with E-state index in [9.17, 15) is 14.9 Å². The van der Waals surface area contributed by atoms with Crippen molar-refractivity contribution >= 4 is 23.4 Å². The van der Waals surface area contributed by atoms with E-state index in [1.54, 1.807) is 31.4 Å². The van der Waals surface area contributed by atoms with E-state index in [1.807, 2.05) is 12.1 Å². The summed E-state index contributed by atoms with van der Waals surface area (Å²) >= 11 is 1.38. The monoisotopic (exact) mass is 382 g/mol. The molecule has 0 radical (unpaired) electrons. The minimum Gasteiger partial charge on any atom is -0.497 e. The Morgan fingerprint density at radius 2 is 2.04 bits per heavy atom. The molecule has 2 heterocycles. The number of carbonyl (C=O) groups excluding carboxylic acids is 1. The van der Waals surface area contributed by atoms with E-state index in [4.69, 9.17) is 4.74 Å². The van der Waals surface area contributed by atoms with Crippen molar-refractivity contribution in [3.8, 4) is 17.1 Å². The van der Waals surface area contributed by atoms with Crippen LogP contribution >= 0.6 is 11.8 Å². The molecule has 0 bridgehead atoms. The number of hydrogen-bond acceptors (Lipinski definition) is 7. The zero-order chi connectivity index (χ0) is 19.0. The maximum Gasteiger partial charge on any atom is 0.269 e. The van der Waals surface area contributed by atoms with Crippen LogP contribution in [0.1, 0.15) is 22.0 Å². The molecule has 1 aliphatic heterocycles. The molecule has 2 aromatic carbocycles. The molecule has 0 saturated carbocycles. The van der Waals surface area contributed by atoms with Gasteiger partial charge < -0.3 is 4.74 Å². The van der Waals surface area contributed by atoms with Crippen molar-refractivity contribution in [2.75, 3.05) is 7.11 Å². The Hall–Kier alpha value is -3.20. The number of hydrogen-bond donors (Lipinski definition) is 0. The molecule has 0 saturated heterocycles. The Morgan fingerprint density at radius 3 is 2.74 bits per heavy atom. The summed E-state index contributed by atoms with van der Waals surface area (Å²) in [5, 5.41) is 15.6. The summed E-state index contributed by atoms with van der Waals surface area (Å²) in [6, 6.07) is 13.6. The third kappa shape index (κ3) is 3.28. The molecular formula is C18H14N4O4S. The van der Waals surface area contributed by atoms with E-state index in [0.717, 1.165) is 16.9 Å². The van der Waals surface area contributed by atoms with Crippen molar-refractivity contribution in [1.82, 2.24) is 14.8 Å². The Bertz CT molecular complexity index is 1030. The third-order valence-corrected chi connectivity index (χ3v) is 5.42. The Balaban J connectivity index is 1.64. The maximum atomic E-state index is 12.5. The van der Waals surface area contributed by atoms with Crippen LogP contribution in [0.15, 0.2) is 53.7 Å². The summed E-state index contributed by atoms with van der Waals surface area (Å²) in [7, 11) is 1.59. The van der Waals surface area contributed by atoms with E-state index in [1.165, 1.54) is 28.6 Å². The van der Waals surface area contributed by atoms with E-state index < -0.39 is 4.92 Å². The largest absolute Gasteiger partial charge is 0.497 e. The average molecular weight is 382 g/mol. The number of nitro groups is 1. The van der Waals surface area contributed by atoms with Crippen LogP contribution < -0.4 is 4.74 Å². The van der Waals surface area contributed by atoms with Gasteiger partial charge in [-0.3, -0.25) is 14.9 Å². The molecule has 1 atom stereocenters. The Labute approximate surface area is 158 Å². The highest BCUT2D eigenvalue weighted by atomic mass is 32.2. The first-order valence-corrected chi connectivity index (χ1v) is 8.99. The first-order chi connectivity index (χ1) is 13.0. The van der Waals surface area contributed by atoms with Gasteiger partial charge in [-0.2, -0.15) is 4.68 Å². The van der Waals surface area contributed by atoms with E-state index in [-0.39, 0.29) is 23.3 Å². The van der Waals surface area contributed by atoms with Crippen LogP contribution in [0.4, 0.5) is 5.69 Å².